The average Bonchev–Trinajstić information content (AvgIpc) is 2.53. The van der Waals surface area contributed by atoms with Crippen LogP contribution in [-0.4, -0.2) is 35.5 Å². The highest BCUT2D eigenvalue weighted by Gasteiger charge is 2.30. The molecule has 2 unspecified atom stereocenters. The number of hydrogen-bond donors (Lipinski definition) is 3. The lowest BCUT2D eigenvalue weighted by atomic mass is 10.2. The van der Waals surface area contributed by atoms with Gasteiger partial charge in [-0.2, -0.15) is 0 Å². The second-order valence-corrected chi connectivity index (χ2v) is 4.27. The van der Waals surface area contributed by atoms with Crippen LogP contribution in [0, 0.1) is 5.82 Å². The smallest absolute Gasteiger partial charge is 0.143 e. The fourth-order valence-electron chi connectivity index (χ4n) is 1.79. The largest absolute Gasteiger partial charge is 0.397 e. The number of anilines is 2. The lowest BCUT2D eigenvalue weighted by Crippen LogP contribution is -2.22. The molecule has 4 N–H and O–H groups in total. The van der Waals surface area contributed by atoms with Crippen molar-refractivity contribution in [1.82, 2.24) is 0 Å². The number of benzene rings is 1. The summed E-state index contributed by atoms with van der Waals surface area (Å²) in [4.78, 5) is 1.68. The van der Waals surface area contributed by atoms with E-state index in [1.807, 2.05) is 0 Å². The highest BCUT2D eigenvalue weighted by Crippen LogP contribution is 2.31. The summed E-state index contributed by atoms with van der Waals surface area (Å²) in [5.74, 6) is -0.580. The van der Waals surface area contributed by atoms with Gasteiger partial charge in [-0.15, -0.1) is 0 Å². The maximum Gasteiger partial charge on any atom is 0.143 e. The van der Waals surface area contributed by atoms with E-state index in [1.165, 1.54) is 6.07 Å². The number of hydrogen-bond acceptors (Lipinski definition) is 4. The summed E-state index contributed by atoms with van der Waals surface area (Å²) in [6.07, 6.45) is -1.63. The molecule has 1 heterocycles. The van der Waals surface area contributed by atoms with Gasteiger partial charge in [-0.1, -0.05) is 11.6 Å². The van der Waals surface area contributed by atoms with Crippen LogP contribution in [0.3, 0.4) is 0 Å². The van der Waals surface area contributed by atoms with Gasteiger partial charge >= 0.3 is 0 Å². The molecule has 1 fully saturated rings. The van der Waals surface area contributed by atoms with Crippen molar-refractivity contribution in [3.8, 4) is 0 Å². The van der Waals surface area contributed by atoms with Crippen molar-refractivity contribution in [2.45, 2.75) is 12.2 Å². The summed E-state index contributed by atoms with van der Waals surface area (Å²) in [5.41, 5.74) is 6.43. The predicted molar refractivity (Wildman–Crippen MR) is 60.0 cm³/mol. The summed E-state index contributed by atoms with van der Waals surface area (Å²) < 4.78 is 13.1. The van der Waals surface area contributed by atoms with E-state index in [0.717, 1.165) is 6.07 Å². The molecule has 16 heavy (non-hydrogen) atoms. The molecule has 1 saturated heterocycles. The zero-order valence-corrected chi connectivity index (χ0v) is 9.15. The van der Waals surface area contributed by atoms with E-state index in [4.69, 9.17) is 17.3 Å². The number of nitrogens with two attached hydrogens (primary N) is 1. The number of β-amino-alcohol motifs (C(OH)–C–C–N with tert-alkyl or cyclic N) is 2. The molecule has 0 bridgehead atoms. The van der Waals surface area contributed by atoms with Crippen LogP contribution >= 0.6 is 11.6 Å². The Balaban J connectivity index is 2.31. The van der Waals surface area contributed by atoms with Crippen LogP contribution in [0.15, 0.2) is 12.1 Å². The van der Waals surface area contributed by atoms with Gasteiger partial charge in [-0.3, -0.25) is 0 Å². The van der Waals surface area contributed by atoms with E-state index in [2.05, 4.69) is 0 Å². The Bertz CT molecular complexity index is 406. The van der Waals surface area contributed by atoms with Crippen molar-refractivity contribution in [3.63, 3.8) is 0 Å². The zero-order chi connectivity index (χ0) is 11.9. The first-order chi connectivity index (χ1) is 7.49. The summed E-state index contributed by atoms with van der Waals surface area (Å²) in [6, 6.07) is 2.53. The fraction of sp³-hybridized carbons (Fsp3) is 0.400. The Morgan fingerprint density at radius 1 is 1.31 bits per heavy atom. The van der Waals surface area contributed by atoms with Gasteiger partial charge in [0.05, 0.1) is 28.6 Å². The van der Waals surface area contributed by atoms with Crippen LogP contribution in [0.2, 0.25) is 5.02 Å². The first-order valence-electron chi connectivity index (χ1n) is 4.84. The summed E-state index contributed by atoms with van der Waals surface area (Å²) in [6.45, 7) is 0.515. The third kappa shape index (κ3) is 1.93. The summed E-state index contributed by atoms with van der Waals surface area (Å²) in [7, 11) is 0. The Labute approximate surface area is 97.0 Å². The Kier molecular flexibility index (Phi) is 2.92. The minimum absolute atomic E-state index is 0.0277. The van der Waals surface area contributed by atoms with Gasteiger partial charge in [0, 0.05) is 19.2 Å². The molecule has 0 spiro atoms. The Morgan fingerprint density at radius 2 is 1.88 bits per heavy atom. The van der Waals surface area contributed by atoms with Crippen molar-refractivity contribution in [2.24, 2.45) is 0 Å². The second-order valence-electron chi connectivity index (χ2n) is 3.86. The minimum Gasteiger partial charge on any atom is -0.397 e. The van der Waals surface area contributed by atoms with Crippen molar-refractivity contribution in [2.75, 3.05) is 23.7 Å². The van der Waals surface area contributed by atoms with Crippen LogP contribution < -0.4 is 10.6 Å². The molecular weight excluding hydrogens is 235 g/mol. The highest BCUT2D eigenvalue weighted by atomic mass is 35.5. The zero-order valence-electron chi connectivity index (χ0n) is 8.40. The summed E-state index contributed by atoms with van der Waals surface area (Å²) >= 11 is 5.65. The molecule has 1 aliphatic heterocycles. The molecule has 1 aromatic rings. The lowest BCUT2D eigenvalue weighted by molar-refractivity contribution is 0.0572. The van der Waals surface area contributed by atoms with Gasteiger partial charge in [-0.25, -0.2) is 4.39 Å². The third-order valence-corrected chi connectivity index (χ3v) is 2.96. The summed E-state index contributed by atoms with van der Waals surface area (Å²) in [5, 5.41) is 18.8. The van der Waals surface area contributed by atoms with Crippen LogP contribution in [0.25, 0.3) is 0 Å². The molecule has 2 atom stereocenters. The van der Waals surface area contributed by atoms with E-state index >= 15 is 0 Å². The standard InChI is InChI=1S/C10H12ClFN2O2/c11-5-1-8(7(13)2-6(5)12)14-3-9(15)10(16)4-14/h1-2,9-10,15-16H,3-4,13H2. The normalized spacial score (nSPS) is 25.1. The second kappa shape index (κ2) is 4.08. The lowest BCUT2D eigenvalue weighted by Gasteiger charge is -2.20. The van der Waals surface area contributed by atoms with Gasteiger partial charge in [-0.05, 0) is 6.07 Å². The Hall–Kier alpha value is -1.04. The number of nitrogens with zero attached hydrogens (tertiary/aromatic N) is 1. The number of halogens is 2. The van der Waals surface area contributed by atoms with Gasteiger partial charge in [0.2, 0.25) is 0 Å². The van der Waals surface area contributed by atoms with Crippen LogP contribution in [0.1, 0.15) is 0 Å². The molecule has 0 aromatic heterocycles. The van der Waals surface area contributed by atoms with E-state index in [1.54, 1.807) is 4.90 Å². The Morgan fingerprint density at radius 3 is 2.44 bits per heavy atom. The first kappa shape index (κ1) is 11.4. The molecule has 6 heteroatoms. The van der Waals surface area contributed by atoms with Gasteiger partial charge in [0.1, 0.15) is 5.82 Å². The number of rotatable bonds is 1. The van der Waals surface area contributed by atoms with Crippen molar-refractivity contribution in [1.29, 1.82) is 0 Å². The van der Waals surface area contributed by atoms with Crippen LogP contribution in [-0.2, 0) is 0 Å². The molecule has 0 amide bonds. The highest BCUT2D eigenvalue weighted by molar-refractivity contribution is 6.31. The van der Waals surface area contributed by atoms with Crippen LogP contribution in [0.5, 0.6) is 0 Å². The maximum absolute atomic E-state index is 13.1. The van der Waals surface area contributed by atoms with Crippen molar-refractivity contribution >= 4 is 23.0 Å². The van der Waals surface area contributed by atoms with Crippen LogP contribution in [0.4, 0.5) is 15.8 Å². The van der Waals surface area contributed by atoms with E-state index in [0.29, 0.717) is 5.69 Å². The molecular formula is C10H12ClFN2O2. The van der Waals surface area contributed by atoms with Crippen molar-refractivity contribution < 1.29 is 14.6 Å². The minimum atomic E-state index is -0.816. The molecule has 0 radical (unpaired) electrons. The number of aliphatic hydroxyl groups excluding tert-OH is 2. The number of nitrogen functional groups attached to an aromatic ring is 1. The van der Waals surface area contributed by atoms with E-state index < -0.39 is 18.0 Å². The van der Waals surface area contributed by atoms with Crippen molar-refractivity contribution in [3.05, 3.63) is 23.0 Å². The molecule has 0 aliphatic carbocycles. The fourth-order valence-corrected chi connectivity index (χ4v) is 1.95. The van der Waals surface area contributed by atoms with Gasteiger partial charge < -0.3 is 20.8 Å². The molecule has 0 saturated carbocycles. The maximum atomic E-state index is 13.1. The topological polar surface area (TPSA) is 69.7 Å². The molecule has 2 rings (SSSR count). The van der Waals surface area contributed by atoms with Gasteiger partial charge in [0.25, 0.3) is 0 Å². The quantitative estimate of drug-likeness (QED) is 0.635. The monoisotopic (exact) mass is 246 g/mol. The third-order valence-electron chi connectivity index (χ3n) is 2.67. The number of aliphatic hydroxyl groups is 2. The van der Waals surface area contributed by atoms with Gasteiger partial charge in [0.15, 0.2) is 0 Å². The molecule has 1 aliphatic rings. The molecule has 88 valence electrons. The van der Waals surface area contributed by atoms with E-state index in [9.17, 15) is 14.6 Å². The predicted octanol–water partition coefficient (Wildman–Crippen LogP) is 0.603. The SMILES string of the molecule is Nc1cc(F)c(Cl)cc1N1CC(O)C(O)C1. The first-order valence-corrected chi connectivity index (χ1v) is 5.22. The average molecular weight is 247 g/mol. The molecule has 4 nitrogen and oxygen atoms in total. The van der Waals surface area contributed by atoms with E-state index in [-0.39, 0.29) is 23.8 Å². The molecule has 1 aromatic carbocycles.